The molecule has 0 saturated carbocycles. The summed E-state index contributed by atoms with van der Waals surface area (Å²) in [7, 11) is 0. The van der Waals surface area contributed by atoms with Gasteiger partial charge in [-0.2, -0.15) is 0 Å². The summed E-state index contributed by atoms with van der Waals surface area (Å²) < 4.78 is 7.78. The van der Waals surface area contributed by atoms with E-state index in [1.54, 1.807) is 29.0 Å². The number of aromatic nitrogens is 2. The minimum atomic E-state index is -0.215. The van der Waals surface area contributed by atoms with E-state index in [0.717, 1.165) is 10.9 Å². The number of nitrogens with one attached hydrogen (secondary N) is 1. The van der Waals surface area contributed by atoms with Gasteiger partial charge in [0, 0.05) is 11.0 Å². The van der Waals surface area contributed by atoms with Crippen molar-refractivity contribution in [2.24, 2.45) is 0 Å². The number of nitrogens with zero attached hydrogens (tertiary/aromatic N) is 2. The van der Waals surface area contributed by atoms with E-state index < -0.39 is 0 Å². The van der Waals surface area contributed by atoms with Crippen LogP contribution in [0.3, 0.4) is 0 Å². The number of benzene rings is 1. The zero-order chi connectivity index (χ0) is 19.4. The van der Waals surface area contributed by atoms with E-state index in [4.69, 9.17) is 4.42 Å². The van der Waals surface area contributed by atoms with Crippen molar-refractivity contribution in [2.45, 2.75) is 38.0 Å². The summed E-state index contributed by atoms with van der Waals surface area (Å²) >= 11 is 4.66. The summed E-state index contributed by atoms with van der Waals surface area (Å²) in [5, 5.41) is 4.01. The first kappa shape index (κ1) is 19.7. The number of thioether (sulfide) groups is 1. The molecule has 2 aromatic heterocycles. The Morgan fingerprint density at radius 1 is 1.41 bits per heavy atom. The number of rotatable bonds is 7. The molecule has 0 bridgehead atoms. The molecule has 27 heavy (non-hydrogen) atoms. The monoisotopic (exact) mass is 449 g/mol. The number of amides is 1. The van der Waals surface area contributed by atoms with Gasteiger partial charge in [-0.1, -0.05) is 34.6 Å². The predicted molar refractivity (Wildman–Crippen MR) is 110 cm³/mol. The van der Waals surface area contributed by atoms with Gasteiger partial charge in [0.15, 0.2) is 5.16 Å². The van der Waals surface area contributed by atoms with E-state index in [1.165, 1.54) is 11.8 Å². The Bertz CT molecular complexity index is 1000. The zero-order valence-electron chi connectivity index (χ0n) is 15.1. The number of hydrogen-bond acceptors (Lipinski definition) is 5. The maximum absolute atomic E-state index is 12.8. The molecule has 0 aliphatic heterocycles. The fraction of sp³-hybridized carbons (Fsp3) is 0.316. The van der Waals surface area contributed by atoms with E-state index >= 15 is 0 Å². The maximum atomic E-state index is 12.8. The second-order valence-corrected chi connectivity index (χ2v) is 7.96. The molecule has 1 atom stereocenters. The Hall–Kier alpha value is -2.06. The molecule has 1 unspecified atom stereocenters. The molecule has 1 aromatic carbocycles. The molecule has 0 radical (unpaired) electrons. The summed E-state index contributed by atoms with van der Waals surface area (Å²) in [6.07, 6.45) is 2.38. The standard InChI is InChI=1S/C19H20BrN3O3S/c1-3-8-23-18(25)14-10-13(20)6-7-15(14)22-19(23)27-11-17(24)21-12(2)16-5-4-9-26-16/h4-7,9-10,12H,3,8,11H2,1-2H3,(H,21,24). The van der Waals surface area contributed by atoms with Gasteiger partial charge in [-0.05, 0) is 43.7 Å². The van der Waals surface area contributed by atoms with E-state index in [1.807, 2.05) is 26.0 Å². The lowest BCUT2D eigenvalue weighted by Crippen LogP contribution is -2.29. The molecule has 2 heterocycles. The van der Waals surface area contributed by atoms with E-state index in [9.17, 15) is 9.59 Å². The molecule has 142 valence electrons. The van der Waals surface area contributed by atoms with Gasteiger partial charge >= 0.3 is 0 Å². The Kier molecular flexibility index (Phi) is 6.38. The quantitative estimate of drug-likeness (QED) is 0.433. The molecule has 3 rings (SSSR count). The highest BCUT2D eigenvalue weighted by molar-refractivity contribution is 9.10. The number of furan rings is 1. The molecule has 3 aromatic rings. The highest BCUT2D eigenvalue weighted by Crippen LogP contribution is 2.21. The average Bonchev–Trinajstić information content (AvgIpc) is 3.18. The van der Waals surface area contributed by atoms with E-state index in [2.05, 4.69) is 26.2 Å². The normalized spacial score (nSPS) is 12.3. The molecule has 0 aliphatic carbocycles. The van der Waals surface area contributed by atoms with Crippen LogP contribution in [0.5, 0.6) is 0 Å². The number of fused-ring (bicyclic) bond motifs is 1. The molecule has 1 amide bonds. The van der Waals surface area contributed by atoms with Crippen molar-refractivity contribution in [3.8, 4) is 0 Å². The van der Waals surface area contributed by atoms with Crippen LogP contribution in [0.15, 0.2) is 55.4 Å². The molecule has 0 spiro atoms. The van der Waals surface area contributed by atoms with Crippen molar-refractivity contribution < 1.29 is 9.21 Å². The topological polar surface area (TPSA) is 77.1 Å². The van der Waals surface area contributed by atoms with Crippen LogP contribution in [-0.4, -0.2) is 21.2 Å². The van der Waals surface area contributed by atoms with Gasteiger partial charge < -0.3 is 9.73 Å². The van der Waals surface area contributed by atoms with Crippen LogP contribution < -0.4 is 10.9 Å². The van der Waals surface area contributed by atoms with Crippen LogP contribution >= 0.6 is 27.7 Å². The Labute approximate surface area is 169 Å². The van der Waals surface area contributed by atoms with Crippen LogP contribution in [0.4, 0.5) is 0 Å². The Morgan fingerprint density at radius 3 is 2.93 bits per heavy atom. The lowest BCUT2D eigenvalue weighted by molar-refractivity contribution is -0.119. The minimum absolute atomic E-state index is 0.0880. The Balaban J connectivity index is 1.79. The third-order valence-corrected chi connectivity index (χ3v) is 5.48. The summed E-state index contributed by atoms with van der Waals surface area (Å²) in [6.45, 7) is 4.42. The highest BCUT2D eigenvalue weighted by atomic mass is 79.9. The summed E-state index contributed by atoms with van der Waals surface area (Å²) in [5.74, 6) is 0.728. The van der Waals surface area contributed by atoms with Gasteiger partial charge in [0.25, 0.3) is 5.56 Å². The molecule has 6 nitrogen and oxygen atoms in total. The van der Waals surface area contributed by atoms with Crippen LogP contribution in [0, 0.1) is 0 Å². The summed E-state index contributed by atoms with van der Waals surface area (Å²) in [6, 6.07) is 8.83. The van der Waals surface area contributed by atoms with Crippen molar-refractivity contribution in [1.29, 1.82) is 0 Å². The second-order valence-electron chi connectivity index (χ2n) is 6.11. The van der Waals surface area contributed by atoms with Crippen molar-refractivity contribution in [2.75, 3.05) is 5.75 Å². The molecule has 8 heteroatoms. The van der Waals surface area contributed by atoms with Gasteiger partial charge in [0.1, 0.15) is 5.76 Å². The SMILES string of the molecule is CCCn1c(SCC(=O)NC(C)c2ccco2)nc2ccc(Br)cc2c1=O. The van der Waals surface area contributed by atoms with E-state index in [0.29, 0.717) is 28.4 Å². The fourth-order valence-electron chi connectivity index (χ4n) is 2.73. The molecular weight excluding hydrogens is 430 g/mol. The summed E-state index contributed by atoms with van der Waals surface area (Å²) in [4.78, 5) is 29.7. The first-order valence-electron chi connectivity index (χ1n) is 8.65. The van der Waals surface area contributed by atoms with Crippen molar-refractivity contribution in [1.82, 2.24) is 14.9 Å². The number of halogens is 1. The minimum Gasteiger partial charge on any atom is -0.467 e. The maximum Gasteiger partial charge on any atom is 0.262 e. The molecule has 0 saturated heterocycles. The van der Waals surface area contributed by atoms with E-state index in [-0.39, 0.29) is 23.3 Å². The van der Waals surface area contributed by atoms with Crippen molar-refractivity contribution in [3.05, 3.63) is 57.2 Å². The number of hydrogen-bond donors (Lipinski definition) is 1. The lowest BCUT2D eigenvalue weighted by Gasteiger charge is -2.14. The lowest BCUT2D eigenvalue weighted by atomic mass is 10.2. The van der Waals surface area contributed by atoms with Gasteiger partial charge in [-0.25, -0.2) is 4.98 Å². The smallest absolute Gasteiger partial charge is 0.262 e. The summed E-state index contributed by atoms with van der Waals surface area (Å²) in [5.41, 5.74) is 0.539. The molecule has 0 aliphatic rings. The van der Waals surface area contributed by atoms with Crippen LogP contribution in [-0.2, 0) is 11.3 Å². The zero-order valence-corrected chi connectivity index (χ0v) is 17.5. The van der Waals surface area contributed by atoms with Crippen LogP contribution in [0.25, 0.3) is 10.9 Å². The van der Waals surface area contributed by atoms with Gasteiger partial charge in [-0.15, -0.1) is 0 Å². The molecular formula is C19H20BrN3O3S. The van der Waals surface area contributed by atoms with Gasteiger partial charge in [-0.3, -0.25) is 14.2 Å². The number of carbonyl (C=O) groups excluding carboxylic acids is 1. The first-order chi connectivity index (χ1) is 13.0. The highest BCUT2D eigenvalue weighted by Gasteiger charge is 2.15. The fourth-order valence-corrected chi connectivity index (χ4v) is 3.92. The largest absolute Gasteiger partial charge is 0.467 e. The van der Waals surface area contributed by atoms with Gasteiger partial charge in [0.05, 0.1) is 29.0 Å². The third-order valence-electron chi connectivity index (χ3n) is 4.01. The van der Waals surface area contributed by atoms with Crippen LogP contribution in [0.2, 0.25) is 0 Å². The average molecular weight is 450 g/mol. The molecule has 1 N–H and O–H groups in total. The number of carbonyl (C=O) groups is 1. The second kappa shape index (κ2) is 8.75. The molecule has 0 fully saturated rings. The van der Waals surface area contributed by atoms with Crippen molar-refractivity contribution in [3.63, 3.8) is 0 Å². The Morgan fingerprint density at radius 2 is 2.22 bits per heavy atom. The van der Waals surface area contributed by atoms with Crippen molar-refractivity contribution >= 4 is 44.5 Å². The van der Waals surface area contributed by atoms with Crippen LogP contribution in [0.1, 0.15) is 32.1 Å². The predicted octanol–water partition coefficient (Wildman–Crippen LogP) is 4.13. The first-order valence-corrected chi connectivity index (χ1v) is 10.4. The van der Waals surface area contributed by atoms with Gasteiger partial charge in [0.2, 0.25) is 5.91 Å². The third kappa shape index (κ3) is 4.62.